The molecule has 1 saturated carbocycles. The van der Waals surface area contributed by atoms with Gasteiger partial charge in [-0.25, -0.2) is 0 Å². The van der Waals surface area contributed by atoms with Gasteiger partial charge in [0.15, 0.2) is 5.82 Å². The first-order valence-electron chi connectivity index (χ1n) is 9.53. The Labute approximate surface area is 163 Å². The normalized spacial score (nSPS) is 16.4. The molecule has 0 bridgehead atoms. The molecule has 2 aliphatic rings. The third-order valence-electron chi connectivity index (χ3n) is 5.10. The van der Waals surface area contributed by atoms with E-state index in [1.54, 1.807) is 11.1 Å². The van der Waals surface area contributed by atoms with Crippen molar-refractivity contribution in [2.45, 2.75) is 31.6 Å². The summed E-state index contributed by atoms with van der Waals surface area (Å²) < 4.78 is 0. The second kappa shape index (κ2) is 7.80. The molecule has 0 unspecified atom stereocenters. The first-order valence-corrected chi connectivity index (χ1v) is 9.53. The average molecular weight is 377 g/mol. The molecule has 1 fully saturated rings. The monoisotopic (exact) mass is 377 g/mol. The van der Waals surface area contributed by atoms with Crippen LogP contribution >= 0.6 is 0 Å². The summed E-state index contributed by atoms with van der Waals surface area (Å²) in [6.45, 7) is 4.75. The molecule has 0 radical (unpaired) electrons. The van der Waals surface area contributed by atoms with Crippen LogP contribution in [-0.4, -0.2) is 45.0 Å². The first-order chi connectivity index (χ1) is 13.6. The highest BCUT2D eigenvalue weighted by molar-refractivity contribution is 5.91. The van der Waals surface area contributed by atoms with Crippen LogP contribution in [0.1, 0.15) is 42.1 Å². The lowest BCUT2D eigenvalue weighted by atomic mass is 10.0. The van der Waals surface area contributed by atoms with E-state index in [9.17, 15) is 9.59 Å². The quantitative estimate of drug-likeness (QED) is 0.757. The lowest BCUT2D eigenvalue weighted by molar-refractivity contribution is -0.125. The summed E-state index contributed by atoms with van der Waals surface area (Å²) in [6.07, 6.45) is 8.48. The molecule has 0 aromatic carbocycles. The van der Waals surface area contributed by atoms with Crippen molar-refractivity contribution in [2.75, 3.05) is 18.4 Å². The van der Waals surface area contributed by atoms with Gasteiger partial charge in [-0.15, -0.1) is 0 Å². The molecule has 4 rings (SSSR count). The van der Waals surface area contributed by atoms with Gasteiger partial charge >= 0.3 is 0 Å². The van der Waals surface area contributed by atoms with Crippen LogP contribution in [0.3, 0.4) is 0 Å². The van der Waals surface area contributed by atoms with Gasteiger partial charge in [-0.2, -0.15) is 5.10 Å². The second-order valence-electron chi connectivity index (χ2n) is 7.23. The molecule has 0 saturated heterocycles. The van der Waals surface area contributed by atoms with E-state index < -0.39 is 0 Å². The first kappa shape index (κ1) is 18.2. The van der Waals surface area contributed by atoms with Gasteiger partial charge in [-0.3, -0.25) is 19.7 Å². The summed E-state index contributed by atoms with van der Waals surface area (Å²) >= 11 is 0. The average Bonchev–Trinajstić information content (AvgIpc) is 3.47. The molecule has 2 aromatic rings. The fraction of sp³-hybridized carbons (Fsp3) is 0.333. The molecule has 7 nitrogen and oxygen atoms in total. The zero-order valence-electron chi connectivity index (χ0n) is 15.6. The van der Waals surface area contributed by atoms with E-state index in [1.165, 1.54) is 18.9 Å². The number of aromatic amines is 1. The highest BCUT2D eigenvalue weighted by atomic mass is 16.2. The Kier molecular flexibility index (Phi) is 5.06. The van der Waals surface area contributed by atoms with E-state index in [1.807, 2.05) is 24.3 Å². The van der Waals surface area contributed by atoms with E-state index in [4.69, 9.17) is 0 Å². The number of aromatic nitrogens is 3. The second-order valence-corrected chi connectivity index (χ2v) is 7.23. The Morgan fingerprint density at radius 1 is 1.36 bits per heavy atom. The molecule has 144 valence electrons. The zero-order valence-corrected chi connectivity index (χ0v) is 15.6. The van der Waals surface area contributed by atoms with Crippen LogP contribution in [0.2, 0.25) is 0 Å². The Bertz CT molecular complexity index is 925. The molecular weight excluding hydrogens is 354 g/mol. The van der Waals surface area contributed by atoms with Crippen molar-refractivity contribution in [3.8, 4) is 0 Å². The topological polar surface area (TPSA) is 91.0 Å². The van der Waals surface area contributed by atoms with Crippen LogP contribution in [-0.2, 0) is 16.0 Å². The molecule has 1 aliphatic carbocycles. The SMILES string of the molecule is C=CC(=O)N1CC=C(c2ccc(CC(=O)Nc3cc(C4CC4)[nH]n3)cn2)CC1. The largest absolute Gasteiger partial charge is 0.335 e. The van der Waals surface area contributed by atoms with Crippen LogP contribution in [0, 0.1) is 0 Å². The number of amides is 2. The van der Waals surface area contributed by atoms with E-state index in [0.717, 1.165) is 28.9 Å². The highest BCUT2D eigenvalue weighted by Gasteiger charge is 2.25. The number of nitrogens with zero attached hydrogens (tertiary/aromatic N) is 3. The number of carbonyl (C=O) groups is 2. The summed E-state index contributed by atoms with van der Waals surface area (Å²) in [5.41, 5.74) is 3.94. The minimum absolute atomic E-state index is 0.0502. The molecule has 2 amide bonds. The molecule has 28 heavy (non-hydrogen) atoms. The van der Waals surface area contributed by atoms with Crippen LogP contribution in [0.15, 0.2) is 43.1 Å². The van der Waals surface area contributed by atoms with Gasteiger partial charge < -0.3 is 10.2 Å². The molecule has 0 spiro atoms. The van der Waals surface area contributed by atoms with Gasteiger partial charge in [-0.1, -0.05) is 18.7 Å². The Balaban J connectivity index is 1.32. The lowest BCUT2D eigenvalue weighted by Crippen LogP contribution is -2.33. The third kappa shape index (κ3) is 4.19. The van der Waals surface area contributed by atoms with Crippen molar-refractivity contribution in [2.24, 2.45) is 0 Å². The molecule has 0 atom stereocenters. The van der Waals surface area contributed by atoms with E-state index in [-0.39, 0.29) is 18.2 Å². The predicted octanol–water partition coefficient (Wildman–Crippen LogP) is 2.67. The number of anilines is 1. The summed E-state index contributed by atoms with van der Waals surface area (Å²) in [5.74, 6) is 0.984. The molecule has 1 aliphatic heterocycles. The van der Waals surface area contributed by atoms with E-state index in [2.05, 4.69) is 27.1 Å². The summed E-state index contributed by atoms with van der Waals surface area (Å²) in [4.78, 5) is 30.1. The fourth-order valence-electron chi connectivity index (χ4n) is 3.33. The minimum Gasteiger partial charge on any atom is -0.335 e. The van der Waals surface area contributed by atoms with Gasteiger partial charge in [0.25, 0.3) is 0 Å². The Hall–Kier alpha value is -3.22. The summed E-state index contributed by atoms with van der Waals surface area (Å²) in [5, 5.41) is 9.95. The number of carbonyl (C=O) groups excluding carboxylic acids is 2. The molecule has 3 heterocycles. The minimum atomic E-state index is -0.112. The standard InChI is InChI=1S/C21H23N5O2/c1-2-21(28)26-9-7-16(8-10-26)17-6-3-14(13-22-17)11-20(27)23-19-12-18(24-25-19)15-4-5-15/h2-3,6-7,12-13,15H,1,4-5,8-11H2,(H2,23,24,25,27). The maximum absolute atomic E-state index is 12.2. The van der Waals surface area contributed by atoms with Crippen molar-refractivity contribution < 1.29 is 9.59 Å². The number of nitrogens with one attached hydrogen (secondary N) is 2. The van der Waals surface area contributed by atoms with Gasteiger partial charge in [0.05, 0.1) is 12.1 Å². The predicted molar refractivity (Wildman–Crippen MR) is 107 cm³/mol. The lowest BCUT2D eigenvalue weighted by Gasteiger charge is -2.25. The van der Waals surface area contributed by atoms with Gasteiger partial charge in [0.1, 0.15) is 0 Å². The fourth-order valence-corrected chi connectivity index (χ4v) is 3.33. The number of rotatable bonds is 6. The van der Waals surface area contributed by atoms with Crippen molar-refractivity contribution >= 4 is 23.2 Å². The summed E-state index contributed by atoms with van der Waals surface area (Å²) in [6, 6.07) is 5.76. The number of pyridine rings is 1. The van der Waals surface area contributed by atoms with Crippen molar-refractivity contribution in [3.05, 3.63) is 60.1 Å². The number of hydrogen-bond acceptors (Lipinski definition) is 4. The summed E-state index contributed by atoms with van der Waals surface area (Å²) in [7, 11) is 0. The van der Waals surface area contributed by atoms with E-state index in [0.29, 0.717) is 24.8 Å². The van der Waals surface area contributed by atoms with Crippen LogP contribution in [0.4, 0.5) is 5.82 Å². The zero-order chi connectivity index (χ0) is 19.5. The molecule has 2 aromatic heterocycles. The van der Waals surface area contributed by atoms with Gasteiger partial charge in [0.2, 0.25) is 11.8 Å². The highest BCUT2D eigenvalue weighted by Crippen LogP contribution is 2.39. The number of H-pyrrole nitrogens is 1. The van der Waals surface area contributed by atoms with Crippen molar-refractivity contribution in [1.82, 2.24) is 20.1 Å². The molecular formula is C21H23N5O2. The maximum atomic E-state index is 12.2. The van der Waals surface area contributed by atoms with Crippen molar-refractivity contribution in [1.29, 1.82) is 0 Å². The smallest absolute Gasteiger partial charge is 0.246 e. The number of hydrogen-bond donors (Lipinski definition) is 2. The van der Waals surface area contributed by atoms with Gasteiger partial charge in [-0.05, 0) is 42.5 Å². The molecule has 7 heteroatoms. The van der Waals surface area contributed by atoms with Crippen LogP contribution in [0.25, 0.3) is 5.57 Å². The molecule has 2 N–H and O–H groups in total. The Morgan fingerprint density at radius 2 is 2.21 bits per heavy atom. The maximum Gasteiger partial charge on any atom is 0.246 e. The van der Waals surface area contributed by atoms with Crippen LogP contribution < -0.4 is 5.32 Å². The Morgan fingerprint density at radius 3 is 2.86 bits per heavy atom. The van der Waals surface area contributed by atoms with Crippen LogP contribution in [0.5, 0.6) is 0 Å². The van der Waals surface area contributed by atoms with Crippen molar-refractivity contribution in [3.63, 3.8) is 0 Å². The third-order valence-corrected chi connectivity index (χ3v) is 5.10. The van der Waals surface area contributed by atoms with Gasteiger partial charge in [0, 0.05) is 37.0 Å². The van der Waals surface area contributed by atoms with E-state index >= 15 is 0 Å².